The second-order valence-electron chi connectivity index (χ2n) is 7.37. The van der Waals surface area contributed by atoms with Gasteiger partial charge in [-0.15, -0.1) is 10.2 Å². The number of rotatable bonds is 7. The Kier molecular flexibility index (Phi) is 6.69. The second kappa shape index (κ2) is 9.22. The summed E-state index contributed by atoms with van der Waals surface area (Å²) in [6.45, 7) is 8.79. The van der Waals surface area contributed by atoms with E-state index in [1.54, 1.807) is 18.2 Å². The molecule has 0 aliphatic heterocycles. The Hall–Kier alpha value is -2.67. The van der Waals surface area contributed by atoms with Crippen molar-refractivity contribution in [3.05, 3.63) is 59.4 Å². The third-order valence-electron chi connectivity index (χ3n) is 4.59. The number of carbonyl (C=O) groups excluding carboxylic acids is 1. The zero-order valence-electron chi connectivity index (χ0n) is 17.1. The lowest BCUT2D eigenvalue weighted by Gasteiger charge is -2.13. The van der Waals surface area contributed by atoms with Gasteiger partial charge in [0.15, 0.2) is 11.0 Å². The van der Waals surface area contributed by atoms with Crippen LogP contribution in [0.1, 0.15) is 25.0 Å². The Balaban J connectivity index is 1.77. The summed E-state index contributed by atoms with van der Waals surface area (Å²) in [4.78, 5) is 12.5. The Morgan fingerprint density at radius 3 is 2.62 bits per heavy atom. The van der Waals surface area contributed by atoms with Gasteiger partial charge in [0, 0.05) is 12.2 Å². The number of benzene rings is 2. The van der Waals surface area contributed by atoms with Crippen molar-refractivity contribution in [2.45, 2.75) is 39.4 Å². The Morgan fingerprint density at radius 1 is 1.14 bits per heavy atom. The van der Waals surface area contributed by atoms with Crippen molar-refractivity contribution < 1.29 is 9.18 Å². The number of hydrogen-bond donors (Lipinski definition) is 1. The van der Waals surface area contributed by atoms with Gasteiger partial charge in [-0.3, -0.25) is 4.79 Å². The van der Waals surface area contributed by atoms with Gasteiger partial charge < -0.3 is 9.88 Å². The van der Waals surface area contributed by atoms with Crippen molar-refractivity contribution in [1.82, 2.24) is 14.8 Å². The van der Waals surface area contributed by atoms with Crippen molar-refractivity contribution in [1.29, 1.82) is 0 Å². The van der Waals surface area contributed by atoms with E-state index in [9.17, 15) is 9.18 Å². The molecule has 3 rings (SSSR count). The smallest absolute Gasteiger partial charge is 0.234 e. The predicted octanol–water partition coefficient (Wildman–Crippen LogP) is 5.09. The fraction of sp³-hybridized carbons (Fsp3) is 0.318. The van der Waals surface area contributed by atoms with Crippen molar-refractivity contribution in [2.24, 2.45) is 5.92 Å². The summed E-state index contributed by atoms with van der Waals surface area (Å²) in [7, 11) is 0. The van der Waals surface area contributed by atoms with Crippen molar-refractivity contribution in [2.75, 3.05) is 11.1 Å². The zero-order valence-corrected chi connectivity index (χ0v) is 17.9. The molecule has 0 saturated carbocycles. The summed E-state index contributed by atoms with van der Waals surface area (Å²) in [5, 5.41) is 12.0. The lowest BCUT2D eigenvalue weighted by atomic mass is 10.1. The maximum absolute atomic E-state index is 14.3. The highest BCUT2D eigenvalue weighted by Crippen LogP contribution is 2.27. The summed E-state index contributed by atoms with van der Waals surface area (Å²) >= 11 is 1.30. The molecule has 0 unspecified atom stereocenters. The van der Waals surface area contributed by atoms with E-state index >= 15 is 0 Å². The van der Waals surface area contributed by atoms with Crippen LogP contribution in [-0.2, 0) is 11.3 Å². The van der Waals surface area contributed by atoms with E-state index < -0.39 is 0 Å². The topological polar surface area (TPSA) is 59.8 Å². The normalized spacial score (nSPS) is 11.1. The van der Waals surface area contributed by atoms with E-state index in [4.69, 9.17) is 0 Å². The van der Waals surface area contributed by atoms with E-state index in [-0.39, 0.29) is 17.5 Å². The van der Waals surface area contributed by atoms with E-state index in [0.29, 0.717) is 29.0 Å². The number of hydrogen-bond acceptors (Lipinski definition) is 4. The Morgan fingerprint density at radius 2 is 1.90 bits per heavy atom. The lowest BCUT2D eigenvalue weighted by Crippen LogP contribution is -2.16. The summed E-state index contributed by atoms with van der Waals surface area (Å²) in [6, 6.07) is 12.4. The van der Waals surface area contributed by atoms with Crippen molar-refractivity contribution in [3.8, 4) is 11.4 Å². The molecule has 0 aliphatic rings. The lowest BCUT2D eigenvalue weighted by molar-refractivity contribution is -0.113. The van der Waals surface area contributed by atoms with Gasteiger partial charge in [-0.05, 0) is 49.1 Å². The SMILES string of the molecule is Cc1cccc(NC(=O)CSc2nnc(-c3ccccc3F)n2CC(C)C)c1C. The first-order chi connectivity index (χ1) is 13.9. The summed E-state index contributed by atoms with van der Waals surface area (Å²) in [6.07, 6.45) is 0. The molecule has 1 amide bonds. The van der Waals surface area contributed by atoms with Crippen LogP contribution in [0.3, 0.4) is 0 Å². The highest BCUT2D eigenvalue weighted by atomic mass is 32.2. The predicted molar refractivity (Wildman–Crippen MR) is 116 cm³/mol. The van der Waals surface area contributed by atoms with Gasteiger partial charge in [0.25, 0.3) is 0 Å². The van der Waals surface area contributed by atoms with E-state index in [0.717, 1.165) is 16.8 Å². The fourth-order valence-electron chi connectivity index (χ4n) is 2.97. The van der Waals surface area contributed by atoms with E-state index in [1.807, 2.05) is 36.6 Å². The highest BCUT2D eigenvalue weighted by Gasteiger charge is 2.19. The van der Waals surface area contributed by atoms with Gasteiger partial charge in [0.1, 0.15) is 5.82 Å². The van der Waals surface area contributed by atoms with Gasteiger partial charge in [0.2, 0.25) is 5.91 Å². The van der Waals surface area contributed by atoms with Gasteiger partial charge in [-0.2, -0.15) is 0 Å². The van der Waals surface area contributed by atoms with Crippen LogP contribution in [0.15, 0.2) is 47.6 Å². The number of aryl methyl sites for hydroxylation is 1. The summed E-state index contributed by atoms with van der Waals surface area (Å²) in [5.41, 5.74) is 3.40. The quantitative estimate of drug-likeness (QED) is 0.549. The monoisotopic (exact) mass is 412 g/mol. The zero-order chi connectivity index (χ0) is 21.0. The molecule has 0 radical (unpaired) electrons. The number of nitrogens with zero attached hydrogens (tertiary/aromatic N) is 3. The number of thioether (sulfide) groups is 1. The number of nitrogens with one attached hydrogen (secondary N) is 1. The largest absolute Gasteiger partial charge is 0.325 e. The van der Waals surface area contributed by atoms with Crippen LogP contribution in [0.5, 0.6) is 0 Å². The molecular weight excluding hydrogens is 387 g/mol. The average Bonchev–Trinajstić information content (AvgIpc) is 3.06. The molecule has 0 spiro atoms. The number of halogens is 1. The molecule has 2 aromatic carbocycles. The maximum atomic E-state index is 14.3. The van der Waals surface area contributed by atoms with Crippen LogP contribution in [0.4, 0.5) is 10.1 Å². The first kappa shape index (κ1) is 21.0. The minimum Gasteiger partial charge on any atom is -0.325 e. The molecule has 0 fully saturated rings. The van der Waals surface area contributed by atoms with Gasteiger partial charge in [-0.25, -0.2) is 4.39 Å². The van der Waals surface area contributed by atoms with Crippen molar-refractivity contribution in [3.63, 3.8) is 0 Å². The molecule has 1 N–H and O–H groups in total. The van der Waals surface area contributed by atoms with Crippen molar-refractivity contribution >= 4 is 23.4 Å². The first-order valence-corrected chi connectivity index (χ1v) is 10.5. The highest BCUT2D eigenvalue weighted by molar-refractivity contribution is 7.99. The molecule has 0 atom stereocenters. The molecule has 29 heavy (non-hydrogen) atoms. The fourth-order valence-corrected chi connectivity index (χ4v) is 3.72. The molecule has 3 aromatic rings. The second-order valence-corrected chi connectivity index (χ2v) is 8.32. The molecule has 152 valence electrons. The standard InChI is InChI=1S/C22H25FN4OS/c1-14(2)12-27-21(17-9-5-6-10-18(17)23)25-26-22(27)29-13-20(28)24-19-11-7-8-15(3)16(19)4/h5-11,14H,12-13H2,1-4H3,(H,24,28). The van der Waals surface area contributed by atoms with Crippen LogP contribution < -0.4 is 5.32 Å². The van der Waals surface area contributed by atoms with E-state index in [1.165, 1.54) is 17.8 Å². The first-order valence-electron chi connectivity index (χ1n) is 9.53. The average molecular weight is 413 g/mol. The minimum absolute atomic E-state index is 0.116. The maximum Gasteiger partial charge on any atom is 0.234 e. The summed E-state index contributed by atoms with van der Waals surface area (Å²) in [5.74, 6) is 0.541. The van der Waals surface area contributed by atoms with Crippen LogP contribution in [-0.4, -0.2) is 26.4 Å². The van der Waals surface area contributed by atoms with Gasteiger partial charge in [0.05, 0.1) is 11.3 Å². The van der Waals surface area contributed by atoms with E-state index in [2.05, 4.69) is 29.4 Å². The molecule has 1 heterocycles. The Bertz CT molecular complexity index is 1020. The molecule has 0 saturated heterocycles. The summed E-state index contributed by atoms with van der Waals surface area (Å²) < 4.78 is 16.2. The third kappa shape index (κ3) is 5.03. The molecular formula is C22H25FN4OS. The number of aromatic nitrogens is 3. The number of amides is 1. The molecule has 1 aromatic heterocycles. The minimum atomic E-state index is -0.339. The molecule has 7 heteroatoms. The van der Waals surface area contributed by atoms with Gasteiger partial charge >= 0.3 is 0 Å². The molecule has 0 bridgehead atoms. The molecule has 0 aliphatic carbocycles. The number of anilines is 1. The van der Waals surface area contributed by atoms with Crippen LogP contribution in [0.25, 0.3) is 11.4 Å². The van der Waals surface area contributed by atoms with Crippen LogP contribution >= 0.6 is 11.8 Å². The van der Waals surface area contributed by atoms with Crippen LogP contribution in [0, 0.1) is 25.6 Å². The third-order valence-corrected chi connectivity index (χ3v) is 5.56. The Labute approximate surface area is 174 Å². The van der Waals surface area contributed by atoms with Gasteiger partial charge in [-0.1, -0.05) is 49.9 Å². The van der Waals surface area contributed by atoms with Crippen LogP contribution in [0.2, 0.25) is 0 Å². The molecule has 5 nitrogen and oxygen atoms in total. The number of carbonyl (C=O) groups is 1.